The fourth-order valence-electron chi connectivity index (χ4n) is 2.47. The summed E-state index contributed by atoms with van der Waals surface area (Å²) in [6, 6.07) is 4.44. The Morgan fingerprint density at radius 3 is 2.43 bits per heavy atom. The van der Waals surface area contributed by atoms with Crippen molar-refractivity contribution in [3.8, 4) is 0 Å². The highest BCUT2D eigenvalue weighted by atomic mass is 35.5. The highest BCUT2D eigenvalue weighted by Crippen LogP contribution is 2.32. The predicted molar refractivity (Wildman–Crippen MR) is 84.9 cm³/mol. The third kappa shape index (κ3) is 2.74. The van der Waals surface area contributed by atoms with Gasteiger partial charge in [0.1, 0.15) is 11.6 Å². The Hall–Kier alpha value is -1.26. The van der Waals surface area contributed by atoms with Crippen LogP contribution in [0, 0.1) is 0 Å². The Morgan fingerprint density at radius 2 is 1.90 bits per heavy atom. The van der Waals surface area contributed by atoms with Crippen LogP contribution in [0.2, 0.25) is 10.0 Å². The second-order valence-electron chi connectivity index (χ2n) is 5.37. The molecule has 2 amide bonds. The van der Waals surface area contributed by atoms with Crippen molar-refractivity contribution in [3.63, 3.8) is 0 Å². The Bertz CT molecular complexity index is 591. The van der Waals surface area contributed by atoms with Gasteiger partial charge < -0.3 is 5.32 Å². The average molecular weight is 329 g/mol. The molecule has 1 aromatic carbocycles. The fourth-order valence-corrected chi connectivity index (χ4v) is 2.77. The van der Waals surface area contributed by atoms with Gasteiger partial charge in [0.25, 0.3) is 5.91 Å². The van der Waals surface area contributed by atoms with Gasteiger partial charge in [-0.25, -0.2) is 0 Å². The van der Waals surface area contributed by atoms with Crippen LogP contribution in [-0.4, -0.2) is 23.4 Å². The molecule has 1 N–H and O–H groups in total. The summed E-state index contributed by atoms with van der Waals surface area (Å²) in [5.74, 6) is -0.276. The molecule has 1 heterocycles. The summed E-state index contributed by atoms with van der Waals surface area (Å²) >= 11 is 12.0. The Labute approximate surface area is 134 Å². The number of rotatable bonds is 3. The van der Waals surface area contributed by atoms with Gasteiger partial charge >= 0.3 is 0 Å². The Morgan fingerprint density at radius 1 is 1.24 bits per heavy atom. The Balaban J connectivity index is 2.51. The lowest BCUT2D eigenvalue weighted by Crippen LogP contribution is -2.69. The van der Waals surface area contributed by atoms with Gasteiger partial charge in [-0.05, 0) is 38.0 Å². The molecular formula is C15H18Cl2N2O2. The monoisotopic (exact) mass is 328 g/mol. The van der Waals surface area contributed by atoms with Crippen molar-refractivity contribution in [2.24, 2.45) is 0 Å². The van der Waals surface area contributed by atoms with Crippen molar-refractivity contribution in [2.75, 3.05) is 4.90 Å². The van der Waals surface area contributed by atoms with E-state index >= 15 is 0 Å². The first-order valence-corrected chi connectivity index (χ1v) is 7.70. The molecule has 0 aromatic heterocycles. The zero-order valence-electron chi connectivity index (χ0n) is 12.2. The molecule has 2 rings (SSSR count). The number of carbonyl (C=O) groups is 2. The number of amides is 2. The molecule has 4 nitrogen and oxygen atoms in total. The summed E-state index contributed by atoms with van der Waals surface area (Å²) in [4.78, 5) is 26.7. The molecule has 1 aliphatic heterocycles. The SMILES string of the molecule is CCC1C(=O)NC(C)(CC)C(=O)N1c1ccc(Cl)c(Cl)c1. The molecule has 6 heteroatoms. The van der Waals surface area contributed by atoms with E-state index in [1.807, 2.05) is 13.8 Å². The van der Waals surface area contributed by atoms with Crippen molar-refractivity contribution in [1.29, 1.82) is 0 Å². The first kappa shape index (κ1) is 16.1. The summed E-state index contributed by atoms with van der Waals surface area (Å²) < 4.78 is 0. The van der Waals surface area contributed by atoms with Crippen molar-refractivity contribution in [2.45, 2.75) is 45.2 Å². The highest BCUT2D eigenvalue weighted by molar-refractivity contribution is 6.42. The predicted octanol–water partition coefficient (Wildman–Crippen LogP) is 3.40. The second kappa shape index (κ2) is 5.85. The summed E-state index contributed by atoms with van der Waals surface area (Å²) in [6.45, 7) is 5.48. The third-order valence-corrected chi connectivity index (χ3v) is 4.72. The smallest absolute Gasteiger partial charge is 0.253 e. The molecule has 2 unspecified atom stereocenters. The van der Waals surface area contributed by atoms with Gasteiger partial charge in [-0.2, -0.15) is 0 Å². The molecule has 0 spiro atoms. The zero-order valence-corrected chi connectivity index (χ0v) is 13.8. The summed E-state index contributed by atoms with van der Waals surface area (Å²) in [7, 11) is 0. The minimum Gasteiger partial charge on any atom is -0.340 e. The molecule has 0 bridgehead atoms. The van der Waals surface area contributed by atoms with Crippen molar-refractivity contribution in [3.05, 3.63) is 28.2 Å². The molecule has 114 valence electrons. The van der Waals surface area contributed by atoms with Crippen LogP contribution in [0.4, 0.5) is 5.69 Å². The maximum absolute atomic E-state index is 12.8. The van der Waals surface area contributed by atoms with Crippen LogP contribution < -0.4 is 10.2 Å². The van der Waals surface area contributed by atoms with Gasteiger partial charge in [-0.15, -0.1) is 0 Å². The van der Waals surface area contributed by atoms with E-state index in [2.05, 4.69) is 5.32 Å². The quantitative estimate of drug-likeness (QED) is 0.924. The standard InChI is InChI=1S/C15H18Cl2N2O2/c1-4-12-13(20)18-15(3,5-2)14(21)19(12)9-6-7-10(16)11(17)8-9/h6-8,12H,4-5H2,1-3H3,(H,18,20). The van der Waals surface area contributed by atoms with Crippen LogP contribution in [0.5, 0.6) is 0 Å². The van der Waals surface area contributed by atoms with Gasteiger partial charge in [-0.3, -0.25) is 14.5 Å². The molecule has 2 atom stereocenters. The van der Waals surface area contributed by atoms with Gasteiger partial charge in [0.15, 0.2) is 0 Å². The lowest BCUT2D eigenvalue weighted by atomic mass is 9.90. The van der Waals surface area contributed by atoms with Gasteiger partial charge in [-0.1, -0.05) is 37.0 Å². The molecule has 0 aliphatic carbocycles. The number of halogens is 2. The summed E-state index contributed by atoms with van der Waals surface area (Å²) in [5.41, 5.74) is -0.301. The van der Waals surface area contributed by atoms with Crippen LogP contribution in [-0.2, 0) is 9.59 Å². The second-order valence-corrected chi connectivity index (χ2v) is 6.19. The minimum absolute atomic E-state index is 0.130. The Kier molecular flexibility index (Phi) is 4.49. The summed E-state index contributed by atoms with van der Waals surface area (Å²) in [6.07, 6.45) is 1.05. The van der Waals surface area contributed by atoms with Crippen molar-refractivity contribution < 1.29 is 9.59 Å². The first-order chi connectivity index (χ1) is 9.84. The molecule has 1 aliphatic rings. The van der Waals surface area contributed by atoms with Gasteiger partial charge in [0.05, 0.1) is 10.0 Å². The lowest BCUT2D eigenvalue weighted by Gasteiger charge is -2.44. The number of nitrogens with one attached hydrogen (secondary N) is 1. The number of hydrogen-bond acceptors (Lipinski definition) is 2. The fraction of sp³-hybridized carbons (Fsp3) is 0.467. The molecule has 0 radical (unpaired) electrons. The lowest BCUT2D eigenvalue weighted by molar-refractivity contribution is -0.138. The first-order valence-electron chi connectivity index (χ1n) is 6.94. The maximum Gasteiger partial charge on any atom is 0.253 e. The van der Waals surface area contributed by atoms with Crippen LogP contribution in [0.1, 0.15) is 33.6 Å². The van der Waals surface area contributed by atoms with E-state index in [1.165, 1.54) is 4.90 Å². The van der Waals surface area contributed by atoms with Crippen LogP contribution >= 0.6 is 23.2 Å². The number of benzene rings is 1. The largest absolute Gasteiger partial charge is 0.340 e. The third-order valence-electron chi connectivity index (χ3n) is 3.98. The van der Waals surface area contributed by atoms with E-state index in [0.29, 0.717) is 28.6 Å². The van der Waals surface area contributed by atoms with Crippen LogP contribution in [0.15, 0.2) is 18.2 Å². The molecule has 1 aromatic rings. The van der Waals surface area contributed by atoms with Crippen LogP contribution in [0.3, 0.4) is 0 Å². The highest BCUT2D eigenvalue weighted by Gasteiger charge is 2.47. The van der Waals surface area contributed by atoms with E-state index < -0.39 is 11.6 Å². The van der Waals surface area contributed by atoms with E-state index in [-0.39, 0.29) is 11.8 Å². The molecular weight excluding hydrogens is 311 g/mol. The topological polar surface area (TPSA) is 49.4 Å². The maximum atomic E-state index is 12.8. The molecule has 1 saturated heterocycles. The van der Waals surface area contributed by atoms with Crippen molar-refractivity contribution in [1.82, 2.24) is 5.32 Å². The van der Waals surface area contributed by atoms with E-state index in [9.17, 15) is 9.59 Å². The number of piperazine rings is 1. The van der Waals surface area contributed by atoms with Gasteiger partial charge in [0, 0.05) is 5.69 Å². The zero-order chi connectivity index (χ0) is 15.8. The van der Waals surface area contributed by atoms with E-state index in [0.717, 1.165) is 0 Å². The van der Waals surface area contributed by atoms with Gasteiger partial charge in [0.2, 0.25) is 5.91 Å². The number of carbonyl (C=O) groups excluding carboxylic acids is 2. The van der Waals surface area contributed by atoms with Crippen LogP contribution in [0.25, 0.3) is 0 Å². The molecule has 0 saturated carbocycles. The molecule has 21 heavy (non-hydrogen) atoms. The molecule has 1 fully saturated rings. The van der Waals surface area contributed by atoms with E-state index in [4.69, 9.17) is 23.2 Å². The normalized spacial score (nSPS) is 26.0. The minimum atomic E-state index is -0.894. The summed E-state index contributed by atoms with van der Waals surface area (Å²) in [5, 5.41) is 3.61. The average Bonchev–Trinajstić information content (AvgIpc) is 2.45. The van der Waals surface area contributed by atoms with Crippen molar-refractivity contribution >= 4 is 40.7 Å². The van der Waals surface area contributed by atoms with E-state index in [1.54, 1.807) is 25.1 Å². The number of anilines is 1. The number of hydrogen-bond donors (Lipinski definition) is 1. The number of nitrogens with zero attached hydrogens (tertiary/aromatic N) is 1.